The number of likely N-dealkylation sites (tertiary alicyclic amines) is 1. The molecule has 2 N–H and O–H groups in total. The van der Waals surface area contributed by atoms with Crippen LogP contribution in [0.25, 0.3) is 0 Å². The van der Waals surface area contributed by atoms with Crippen LogP contribution in [0.5, 0.6) is 5.75 Å². The number of ether oxygens (including phenoxy) is 1. The highest BCUT2D eigenvalue weighted by molar-refractivity contribution is 7.80. The summed E-state index contributed by atoms with van der Waals surface area (Å²) in [6.07, 6.45) is 5.24. The summed E-state index contributed by atoms with van der Waals surface area (Å²) < 4.78 is 5.84. The topological polar surface area (TPSA) is 38.5 Å². The Morgan fingerprint density at radius 3 is 3.05 bits per heavy atom. The second-order valence-corrected chi connectivity index (χ2v) is 5.77. The van der Waals surface area contributed by atoms with Crippen molar-refractivity contribution in [2.45, 2.75) is 38.6 Å². The van der Waals surface area contributed by atoms with E-state index in [9.17, 15) is 0 Å². The molecule has 110 valence electrons. The molecule has 0 spiro atoms. The van der Waals surface area contributed by atoms with Gasteiger partial charge in [0.15, 0.2) is 0 Å². The fourth-order valence-electron chi connectivity index (χ4n) is 2.84. The first-order valence-corrected chi connectivity index (χ1v) is 7.88. The first-order chi connectivity index (χ1) is 9.70. The maximum Gasteiger partial charge on any atom is 0.120 e. The Hall–Kier alpha value is -1.13. The maximum atomic E-state index is 5.84. The van der Waals surface area contributed by atoms with Gasteiger partial charge in [0.1, 0.15) is 17.3 Å². The largest absolute Gasteiger partial charge is 0.492 e. The molecule has 1 aromatic rings. The third-order valence-electron chi connectivity index (χ3n) is 3.99. The lowest BCUT2D eigenvalue weighted by molar-refractivity contribution is 0.120. The zero-order valence-corrected chi connectivity index (χ0v) is 13.0. The molecule has 1 fully saturated rings. The van der Waals surface area contributed by atoms with Crippen molar-refractivity contribution in [3.05, 3.63) is 29.8 Å². The van der Waals surface area contributed by atoms with Crippen LogP contribution in [0.15, 0.2) is 24.3 Å². The summed E-state index contributed by atoms with van der Waals surface area (Å²) in [7, 11) is 0. The van der Waals surface area contributed by atoms with Crippen LogP contribution in [-0.4, -0.2) is 35.6 Å². The number of benzene rings is 1. The maximum absolute atomic E-state index is 5.84. The second-order valence-electron chi connectivity index (χ2n) is 5.33. The first-order valence-electron chi connectivity index (χ1n) is 7.47. The van der Waals surface area contributed by atoms with E-state index in [1.807, 2.05) is 24.3 Å². The Kier molecular flexibility index (Phi) is 5.80. The summed E-state index contributed by atoms with van der Waals surface area (Å²) in [6.45, 7) is 5.19. The number of hydrogen-bond acceptors (Lipinski definition) is 3. The zero-order chi connectivity index (χ0) is 14.4. The van der Waals surface area contributed by atoms with Gasteiger partial charge in [-0.1, -0.05) is 37.7 Å². The zero-order valence-electron chi connectivity index (χ0n) is 12.2. The molecule has 1 unspecified atom stereocenters. The van der Waals surface area contributed by atoms with Crippen molar-refractivity contribution < 1.29 is 4.74 Å². The Balaban J connectivity index is 1.83. The molecule has 0 saturated carbocycles. The molecule has 0 amide bonds. The molecular formula is C16H24N2OS. The van der Waals surface area contributed by atoms with E-state index >= 15 is 0 Å². The van der Waals surface area contributed by atoms with Crippen LogP contribution in [0.1, 0.15) is 38.2 Å². The highest BCUT2D eigenvalue weighted by Gasteiger charge is 2.20. The van der Waals surface area contributed by atoms with Crippen molar-refractivity contribution in [1.82, 2.24) is 4.90 Å². The van der Waals surface area contributed by atoms with Gasteiger partial charge >= 0.3 is 0 Å². The van der Waals surface area contributed by atoms with Crippen LogP contribution in [0.2, 0.25) is 0 Å². The van der Waals surface area contributed by atoms with E-state index in [1.54, 1.807) is 0 Å². The fourth-order valence-corrected chi connectivity index (χ4v) is 2.96. The normalized spacial score (nSPS) is 19.8. The van der Waals surface area contributed by atoms with Gasteiger partial charge in [0.25, 0.3) is 0 Å². The van der Waals surface area contributed by atoms with E-state index in [2.05, 4.69) is 11.8 Å². The molecule has 0 aliphatic carbocycles. The molecule has 1 atom stereocenters. The number of rotatable bonds is 6. The van der Waals surface area contributed by atoms with E-state index in [1.165, 1.54) is 32.2 Å². The molecule has 20 heavy (non-hydrogen) atoms. The van der Waals surface area contributed by atoms with Gasteiger partial charge in [0.2, 0.25) is 0 Å². The second kappa shape index (κ2) is 7.60. The van der Waals surface area contributed by atoms with E-state index in [4.69, 9.17) is 22.7 Å². The number of hydrogen-bond donors (Lipinski definition) is 1. The van der Waals surface area contributed by atoms with E-state index in [0.29, 0.717) is 4.99 Å². The number of nitrogens with two attached hydrogens (primary N) is 1. The summed E-state index contributed by atoms with van der Waals surface area (Å²) in [6, 6.07) is 8.44. The molecule has 1 heterocycles. The van der Waals surface area contributed by atoms with Gasteiger partial charge < -0.3 is 10.5 Å². The Bertz CT molecular complexity index is 450. The molecular weight excluding hydrogens is 268 g/mol. The molecule has 0 radical (unpaired) electrons. The van der Waals surface area contributed by atoms with E-state index < -0.39 is 0 Å². The predicted octanol–water partition coefficient (Wildman–Crippen LogP) is 2.96. The van der Waals surface area contributed by atoms with Crippen LogP contribution in [-0.2, 0) is 0 Å². The monoisotopic (exact) mass is 292 g/mol. The molecule has 1 aliphatic rings. The van der Waals surface area contributed by atoms with Crippen molar-refractivity contribution >= 4 is 17.2 Å². The quantitative estimate of drug-likeness (QED) is 0.818. The Morgan fingerprint density at radius 1 is 1.45 bits per heavy atom. The average Bonchev–Trinajstić information content (AvgIpc) is 2.48. The third kappa shape index (κ3) is 4.18. The SMILES string of the molecule is CCC1CCCCN1CCOc1cccc(C(N)=S)c1. The lowest BCUT2D eigenvalue weighted by Crippen LogP contribution is -2.41. The van der Waals surface area contributed by atoms with Crippen molar-refractivity contribution in [3.8, 4) is 5.75 Å². The Morgan fingerprint density at radius 2 is 2.30 bits per heavy atom. The van der Waals surface area contributed by atoms with Gasteiger partial charge in [0.05, 0.1) is 0 Å². The number of nitrogens with zero attached hydrogens (tertiary/aromatic N) is 1. The van der Waals surface area contributed by atoms with Gasteiger partial charge in [-0.15, -0.1) is 0 Å². The average molecular weight is 292 g/mol. The fraction of sp³-hybridized carbons (Fsp3) is 0.562. The molecule has 4 heteroatoms. The highest BCUT2D eigenvalue weighted by Crippen LogP contribution is 2.19. The van der Waals surface area contributed by atoms with E-state index in [0.717, 1.165) is 30.5 Å². The third-order valence-corrected chi connectivity index (χ3v) is 4.22. The Labute approximate surface area is 127 Å². The lowest BCUT2D eigenvalue weighted by atomic mass is 10.0. The minimum atomic E-state index is 0.414. The minimum Gasteiger partial charge on any atom is -0.492 e. The van der Waals surface area contributed by atoms with Crippen LogP contribution < -0.4 is 10.5 Å². The first kappa shape index (κ1) is 15.3. The van der Waals surface area contributed by atoms with Crippen molar-refractivity contribution in [3.63, 3.8) is 0 Å². The van der Waals surface area contributed by atoms with Gasteiger partial charge in [-0.3, -0.25) is 4.90 Å². The standard InChI is InChI=1S/C16H24N2OS/c1-2-14-7-3-4-9-18(14)10-11-19-15-8-5-6-13(12-15)16(17)20/h5-6,8,12,14H,2-4,7,9-11H2,1H3,(H2,17,20). The number of thiocarbonyl (C=S) groups is 1. The summed E-state index contributed by atoms with van der Waals surface area (Å²) in [5.41, 5.74) is 6.49. The van der Waals surface area contributed by atoms with Gasteiger partial charge in [-0.25, -0.2) is 0 Å². The summed E-state index contributed by atoms with van der Waals surface area (Å²) in [5, 5.41) is 0. The summed E-state index contributed by atoms with van der Waals surface area (Å²) in [5.74, 6) is 0.848. The minimum absolute atomic E-state index is 0.414. The molecule has 1 saturated heterocycles. The highest BCUT2D eigenvalue weighted by atomic mass is 32.1. The van der Waals surface area contributed by atoms with Gasteiger partial charge in [-0.05, 0) is 37.9 Å². The smallest absolute Gasteiger partial charge is 0.120 e. The van der Waals surface area contributed by atoms with Crippen molar-refractivity contribution in [2.75, 3.05) is 19.7 Å². The van der Waals surface area contributed by atoms with Gasteiger partial charge in [-0.2, -0.15) is 0 Å². The molecule has 3 nitrogen and oxygen atoms in total. The van der Waals surface area contributed by atoms with Crippen LogP contribution >= 0.6 is 12.2 Å². The molecule has 0 aromatic heterocycles. The van der Waals surface area contributed by atoms with Crippen LogP contribution in [0.4, 0.5) is 0 Å². The van der Waals surface area contributed by atoms with Crippen LogP contribution in [0.3, 0.4) is 0 Å². The van der Waals surface area contributed by atoms with Crippen LogP contribution in [0, 0.1) is 0 Å². The van der Waals surface area contributed by atoms with Gasteiger partial charge in [0, 0.05) is 18.2 Å². The lowest BCUT2D eigenvalue weighted by Gasteiger charge is -2.35. The molecule has 1 aliphatic heterocycles. The summed E-state index contributed by atoms with van der Waals surface area (Å²) in [4.78, 5) is 2.97. The van der Waals surface area contributed by atoms with Crippen molar-refractivity contribution in [1.29, 1.82) is 0 Å². The van der Waals surface area contributed by atoms with E-state index in [-0.39, 0.29) is 0 Å². The number of piperidine rings is 1. The summed E-state index contributed by atoms with van der Waals surface area (Å²) >= 11 is 4.98. The van der Waals surface area contributed by atoms with Crippen molar-refractivity contribution in [2.24, 2.45) is 5.73 Å². The molecule has 2 rings (SSSR count). The predicted molar refractivity (Wildman–Crippen MR) is 87.3 cm³/mol. The molecule has 0 bridgehead atoms. The molecule has 1 aromatic carbocycles.